The second-order valence-corrected chi connectivity index (χ2v) is 13.8. The number of fused-ring (bicyclic) bond motifs is 2. The highest BCUT2D eigenvalue weighted by molar-refractivity contribution is 9.15. The molecule has 194 valence electrons. The van der Waals surface area contributed by atoms with E-state index in [-0.39, 0.29) is 11.7 Å². The van der Waals surface area contributed by atoms with Crippen LogP contribution < -0.4 is 10.2 Å². The molecule has 1 aliphatic heterocycles. The van der Waals surface area contributed by atoms with Crippen molar-refractivity contribution in [1.29, 1.82) is 0 Å². The molecule has 4 aromatic rings. The van der Waals surface area contributed by atoms with Crippen molar-refractivity contribution in [3.63, 3.8) is 0 Å². The highest BCUT2D eigenvalue weighted by Crippen LogP contribution is 2.46. The van der Waals surface area contributed by atoms with Gasteiger partial charge < -0.3 is 5.32 Å². The van der Waals surface area contributed by atoms with Gasteiger partial charge in [-0.25, -0.2) is 9.88 Å². The van der Waals surface area contributed by atoms with Gasteiger partial charge in [0.2, 0.25) is 5.91 Å². The van der Waals surface area contributed by atoms with Gasteiger partial charge in [0.1, 0.15) is 0 Å². The summed E-state index contributed by atoms with van der Waals surface area (Å²) in [4.78, 5) is 45.2. The first-order chi connectivity index (χ1) is 18.1. The zero-order valence-electron chi connectivity index (χ0n) is 19.8. The molecule has 0 fully saturated rings. The first kappa shape index (κ1) is 28.0. The number of benzene rings is 3. The van der Waals surface area contributed by atoms with Crippen LogP contribution >= 0.6 is 86.8 Å². The maximum atomic E-state index is 13.3. The average Bonchev–Trinajstić information content (AvgIpc) is 3.42. The lowest BCUT2D eigenvalue weighted by Gasteiger charge is -2.13. The Labute approximate surface area is 260 Å². The molecule has 1 aliphatic rings. The van der Waals surface area contributed by atoms with Crippen molar-refractivity contribution < 1.29 is 14.4 Å². The van der Waals surface area contributed by atoms with Crippen LogP contribution in [0.5, 0.6) is 0 Å². The maximum Gasteiger partial charge on any atom is 0.267 e. The number of nitrogens with zero attached hydrogens (tertiary/aromatic N) is 2. The summed E-state index contributed by atoms with van der Waals surface area (Å²) >= 11 is 16.6. The van der Waals surface area contributed by atoms with E-state index in [1.54, 1.807) is 18.2 Å². The van der Waals surface area contributed by atoms with E-state index < -0.39 is 11.8 Å². The van der Waals surface area contributed by atoms with Crippen molar-refractivity contribution in [2.24, 2.45) is 0 Å². The zero-order valence-corrected chi connectivity index (χ0v) is 27.8. The Morgan fingerprint density at radius 3 is 2.29 bits per heavy atom. The summed E-state index contributed by atoms with van der Waals surface area (Å²) in [5.41, 5.74) is 4.78. The molecule has 0 radical (unpaired) electrons. The Balaban J connectivity index is 1.36. The number of rotatable bonds is 6. The molecule has 12 heteroatoms. The molecule has 0 bridgehead atoms. The molecule has 2 heterocycles. The van der Waals surface area contributed by atoms with E-state index in [0.717, 1.165) is 37.8 Å². The minimum Gasteiger partial charge on any atom is -0.325 e. The number of carbonyl (C=O) groups is 3. The summed E-state index contributed by atoms with van der Waals surface area (Å²) in [7, 11) is 0. The Bertz CT molecular complexity index is 1620. The average molecular weight is 803 g/mol. The minimum atomic E-state index is -0.413. The number of hydrogen-bond donors (Lipinski definition) is 1. The second kappa shape index (κ2) is 11.1. The van der Waals surface area contributed by atoms with Gasteiger partial charge in [0.25, 0.3) is 11.8 Å². The van der Waals surface area contributed by atoms with E-state index in [1.165, 1.54) is 28.0 Å². The van der Waals surface area contributed by atoms with Crippen molar-refractivity contribution in [1.82, 2.24) is 4.98 Å². The largest absolute Gasteiger partial charge is 0.325 e. The lowest BCUT2D eigenvalue weighted by molar-refractivity contribution is -0.113. The lowest BCUT2D eigenvalue weighted by Crippen LogP contribution is -2.29. The normalized spacial score (nSPS) is 12.9. The number of aryl methyl sites for hydroxylation is 2. The number of para-hydroxylation sites is 1. The van der Waals surface area contributed by atoms with Crippen LogP contribution in [0.25, 0.3) is 10.2 Å². The number of thioether (sulfide) groups is 1. The summed E-state index contributed by atoms with van der Waals surface area (Å²) in [6.07, 6.45) is 0.834. The zero-order chi connectivity index (χ0) is 27.3. The molecule has 0 spiro atoms. The summed E-state index contributed by atoms with van der Waals surface area (Å²) in [6, 6.07) is 11.3. The van der Waals surface area contributed by atoms with Crippen molar-refractivity contribution in [2.45, 2.75) is 24.6 Å². The Morgan fingerprint density at radius 2 is 1.66 bits per heavy atom. The third-order valence-electron chi connectivity index (χ3n) is 6.04. The molecule has 0 atom stereocenters. The molecular weight excluding hydrogens is 786 g/mol. The van der Waals surface area contributed by atoms with Crippen LogP contribution in [-0.2, 0) is 11.2 Å². The molecule has 0 aliphatic carbocycles. The smallest absolute Gasteiger partial charge is 0.267 e. The monoisotopic (exact) mass is 799 g/mol. The fourth-order valence-electron chi connectivity index (χ4n) is 4.18. The van der Waals surface area contributed by atoms with Crippen LogP contribution in [0.2, 0.25) is 0 Å². The van der Waals surface area contributed by atoms with E-state index in [9.17, 15) is 14.4 Å². The number of aromatic nitrogens is 1. The highest BCUT2D eigenvalue weighted by Gasteiger charge is 2.42. The van der Waals surface area contributed by atoms with Crippen molar-refractivity contribution >= 4 is 126 Å². The Hall–Kier alpha value is -1.57. The number of anilines is 2. The summed E-state index contributed by atoms with van der Waals surface area (Å²) in [6.45, 7) is 4.04. The van der Waals surface area contributed by atoms with E-state index in [1.807, 2.05) is 25.1 Å². The number of carbonyl (C=O) groups excluding carboxylic acids is 3. The van der Waals surface area contributed by atoms with Crippen molar-refractivity contribution in [3.8, 4) is 0 Å². The van der Waals surface area contributed by atoms with Crippen LogP contribution in [0.1, 0.15) is 38.8 Å². The van der Waals surface area contributed by atoms with Gasteiger partial charge in [0.05, 0.1) is 32.8 Å². The molecule has 5 rings (SSSR count). The lowest BCUT2D eigenvalue weighted by atomic mass is 10.1. The van der Waals surface area contributed by atoms with Crippen molar-refractivity contribution in [3.05, 3.63) is 76.5 Å². The predicted molar refractivity (Wildman–Crippen MR) is 168 cm³/mol. The van der Waals surface area contributed by atoms with Gasteiger partial charge >= 0.3 is 0 Å². The van der Waals surface area contributed by atoms with Gasteiger partial charge in [0.15, 0.2) is 4.34 Å². The summed E-state index contributed by atoms with van der Waals surface area (Å²) in [5.74, 6) is -0.709. The molecule has 1 N–H and O–H groups in total. The van der Waals surface area contributed by atoms with Gasteiger partial charge in [-0.15, -0.1) is 11.3 Å². The van der Waals surface area contributed by atoms with E-state index >= 15 is 0 Å². The van der Waals surface area contributed by atoms with Gasteiger partial charge in [-0.1, -0.05) is 36.9 Å². The van der Waals surface area contributed by atoms with E-state index in [4.69, 9.17) is 0 Å². The molecule has 3 aromatic carbocycles. The molecule has 6 nitrogen and oxygen atoms in total. The Morgan fingerprint density at radius 1 is 1.00 bits per heavy atom. The van der Waals surface area contributed by atoms with Gasteiger partial charge in [-0.2, -0.15) is 0 Å². The number of hydrogen-bond acceptors (Lipinski definition) is 6. The van der Waals surface area contributed by atoms with Gasteiger partial charge in [-0.3, -0.25) is 14.4 Å². The number of nitrogens with one attached hydrogen (secondary N) is 1. The first-order valence-electron chi connectivity index (χ1n) is 11.3. The minimum absolute atomic E-state index is 0.0987. The third kappa shape index (κ3) is 4.92. The van der Waals surface area contributed by atoms with Crippen LogP contribution in [0.15, 0.2) is 58.6 Å². The predicted octanol–water partition coefficient (Wildman–Crippen LogP) is 8.75. The molecule has 0 saturated heterocycles. The Kier molecular flexibility index (Phi) is 8.19. The molecule has 1 aromatic heterocycles. The quantitative estimate of drug-likeness (QED) is 0.0914. The van der Waals surface area contributed by atoms with Crippen LogP contribution in [0.3, 0.4) is 0 Å². The standard InChI is InChI=1S/C26H17Br4N3O3S2/c1-3-12-6-4-5-11(2)23(12)32-16(34)10-37-26-31-14-8-7-13(9-15(14)38-26)33-24(35)17-18(25(33)36)20(28)22(30)21(29)19(17)27/h4-9H,3,10H2,1-2H3,(H,32,34). The number of thiazole rings is 1. The number of amides is 3. The van der Waals surface area contributed by atoms with E-state index in [0.29, 0.717) is 34.7 Å². The number of imide groups is 1. The molecule has 3 amide bonds. The summed E-state index contributed by atoms with van der Waals surface area (Å²) in [5, 5.41) is 3.04. The van der Waals surface area contributed by atoms with Crippen molar-refractivity contribution in [2.75, 3.05) is 16.0 Å². The fourth-order valence-corrected chi connectivity index (χ4v) is 8.54. The fraction of sp³-hybridized carbons (Fsp3) is 0.154. The third-order valence-corrected chi connectivity index (χ3v) is 13.0. The molecular formula is C26H17Br4N3O3S2. The van der Waals surface area contributed by atoms with Crippen LogP contribution in [0, 0.1) is 6.92 Å². The van der Waals surface area contributed by atoms with Gasteiger partial charge in [0, 0.05) is 23.6 Å². The van der Waals surface area contributed by atoms with Crippen LogP contribution in [-0.4, -0.2) is 28.5 Å². The highest BCUT2D eigenvalue weighted by atomic mass is 79.9. The van der Waals surface area contributed by atoms with Gasteiger partial charge in [-0.05, 0) is 106 Å². The molecule has 0 unspecified atom stereocenters. The summed E-state index contributed by atoms with van der Waals surface area (Å²) < 4.78 is 3.85. The maximum absolute atomic E-state index is 13.3. The van der Waals surface area contributed by atoms with E-state index in [2.05, 4.69) is 80.9 Å². The number of halogens is 4. The SMILES string of the molecule is CCc1cccc(C)c1NC(=O)CSc1nc2ccc(N3C(=O)c4c(Br)c(Br)c(Br)c(Br)c4C3=O)cc2s1. The first-order valence-corrected chi connectivity index (χ1v) is 16.3. The van der Waals surface area contributed by atoms with Crippen LogP contribution in [0.4, 0.5) is 11.4 Å². The molecule has 38 heavy (non-hydrogen) atoms. The topological polar surface area (TPSA) is 79.4 Å². The second-order valence-electron chi connectivity index (χ2n) is 8.38. The molecule has 0 saturated carbocycles.